The number of hydrogen-bond acceptors (Lipinski definition) is 5. The first-order chi connectivity index (χ1) is 12.8. The second kappa shape index (κ2) is 7.67. The number of benzene rings is 2. The molecule has 1 heterocycles. The Bertz CT molecular complexity index is 995. The predicted octanol–water partition coefficient (Wildman–Crippen LogP) is 3.36. The highest BCUT2D eigenvalue weighted by atomic mass is 35.5. The van der Waals surface area contributed by atoms with Crippen molar-refractivity contribution < 1.29 is 18.7 Å². The van der Waals surface area contributed by atoms with Crippen molar-refractivity contribution in [2.24, 2.45) is 5.73 Å². The highest BCUT2D eigenvalue weighted by molar-refractivity contribution is 6.31. The number of fused-ring (bicyclic) bond motifs is 1. The number of ether oxygens (including phenoxy) is 1. The fourth-order valence-electron chi connectivity index (χ4n) is 2.68. The molecular weight excluding hydrogens is 370 g/mol. The van der Waals surface area contributed by atoms with Crippen LogP contribution in [-0.2, 0) is 9.59 Å². The van der Waals surface area contributed by atoms with Gasteiger partial charge in [0.25, 0.3) is 5.91 Å². The quantitative estimate of drug-likeness (QED) is 0.674. The number of oxazole rings is 1. The van der Waals surface area contributed by atoms with Crippen molar-refractivity contribution in [1.29, 1.82) is 0 Å². The van der Waals surface area contributed by atoms with Crippen LogP contribution in [0.2, 0.25) is 5.02 Å². The number of anilines is 1. The largest absolute Gasteiger partial charge is 0.480 e. The highest BCUT2D eigenvalue weighted by Gasteiger charge is 2.25. The molecule has 1 unspecified atom stereocenters. The highest BCUT2D eigenvalue weighted by Crippen LogP contribution is 2.23. The van der Waals surface area contributed by atoms with Gasteiger partial charge >= 0.3 is 6.01 Å². The first kappa shape index (κ1) is 18.7. The molecule has 0 spiro atoms. The standard InChI is InChI=1S/C19H18ClN3O4/c1-10-5-11(2)7-13(6-10)26-16(9-17(21)24)18(25)23-19-22-14-8-12(20)3-4-15(14)27-19/h3-8,16H,9H2,1-2H3,(H2,21,24)(H,22,23,25). The second-order valence-electron chi connectivity index (χ2n) is 6.22. The summed E-state index contributed by atoms with van der Waals surface area (Å²) in [4.78, 5) is 28.1. The van der Waals surface area contributed by atoms with E-state index in [0.717, 1.165) is 11.1 Å². The average molecular weight is 388 g/mol. The van der Waals surface area contributed by atoms with Crippen molar-refractivity contribution in [1.82, 2.24) is 4.98 Å². The fourth-order valence-corrected chi connectivity index (χ4v) is 2.84. The van der Waals surface area contributed by atoms with E-state index >= 15 is 0 Å². The summed E-state index contributed by atoms with van der Waals surface area (Å²) in [5, 5.41) is 3.01. The van der Waals surface area contributed by atoms with E-state index in [0.29, 0.717) is 21.9 Å². The fraction of sp³-hybridized carbons (Fsp3) is 0.211. The molecule has 8 heteroatoms. The molecule has 2 amide bonds. The molecule has 140 valence electrons. The van der Waals surface area contributed by atoms with Crippen molar-refractivity contribution in [3.8, 4) is 5.75 Å². The third kappa shape index (κ3) is 4.77. The molecular formula is C19H18ClN3O4. The Hall–Kier alpha value is -3.06. The van der Waals surface area contributed by atoms with Crippen molar-refractivity contribution in [3.05, 3.63) is 52.5 Å². The normalized spacial score (nSPS) is 12.0. The molecule has 0 fully saturated rings. The lowest BCUT2D eigenvalue weighted by Gasteiger charge is -2.17. The number of aryl methyl sites for hydroxylation is 2. The van der Waals surface area contributed by atoms with Crippen LogP contribution in [0.5, 0.6) is 5.75 Å². The summed E-state index contributed by atoms with van der Waals surface area (Å²) in [7, 11) is 0. The third-order valence-corrected chi connectivity index (χ3v) is 3.97. The van der Waals surface area contributed by atoms with E-state index in [-0.39, 0.29) is 12.4 Å². The summed E-state index contributed by atoms with van der Waals surface area (Å²) < 4.78 is 11.2. The number of primary amides is 1. The topological polar surface area (TPSA) is 107 Å². The van der Waals surface area contributed by atoms with E-state index in [4.69, 9.17) is 26.5 Å². The van der Waals surface area contributed by atoms with Crippen molar-refractivity contribution >= 4 is 40.5 Å². The van der Waals surface area contributed by atoms with Crippen LogP contribution in [0.4, 0.5) is 6.01 Å². The van der Waals surface area contributed by atoms with Crippen LogP contribution in [0, 0.1) is 13.8 Å². The van der Waals surface area contributed by atoms with Crippen LogP contribution in [0.25, 0.3) is 11.1 Å². The Balaban J connectivity index is 1.80. The van der Waals surface area contributed by atoms with E-state index in [9.17, 15) is 9.59 Å². The van der Waals surface area contributed by atoms with Gasteiger partial charge in [-0.3, -0.25) is 14.9 Å². The maximum absolute atomic E-state index is 12.6. The molecule has 0 radical (unpaired) electrons. The second-order valence-corrected chi connectivity index (χ2v) is 6.66. The molecule has 7 nitrogen and oxygen atoms in total. The predicted molar refractivity (Wildman–Crippen MR) is 102 cm³/mol. The van der Waals surface area contributed by atoms with Gasteiger partial charge in [0.1, 0.15) is 11.3 Å². The molecule has 3 aromatic rings. The Morgan fingerprint density at radius 1 is 1.22 bits per heavy atom. The Kier molecular flexibility index (Phi) is 5.32. The zero-order chi connectivity index (χ0) is 19.6. The average Bonchev–Trinajstić information content (AvgIpc) is 2.94. The number of nitrogens with one attached hydrogen (secondary N) is 1. The van der Waals surface area contributed by atoms with Gasteiger partial charge in [-0.2, -0.15) is 4.98 Å². The van der Waals surface area contributed by atoms with E-state index in [1.165, 1.54) is 0 Å². The van der Waals surface area contributed by atoms with Gasteiger partial charge in [-0.25, -0.2) is 0 Å². The van der Waals surface area contributed by atoms with Gasteiger partial charge < -0.3 is 14.9 Å². The number of halogens is 1. The molecule has 1 atom stereocenters. The molecule has 0 aliphatic rings. The minimum atomic E-state index is -1.12. The van der Waals surface area contributed by atoms with Crippen LogP contribution in [0.15, 0.2) is 40.8 Å². The lowest BCUT2D eigenvalue weighted by molar-refractivity contribution is -0.128. The number of aromatic nitrogens is 1. The van der Waals surface area contributed by atoms with Gasteiger partial charge in [0.2, 0.25) is 5.91 Å². The number of hydrogen-bond donors (Lipinski definition) is 2. The lowest BCUT2D eigenvalue weighted by atomic mass is 10.1. The molecule has 2 aromatic carbocycles. The maximum atomic E-state index is 12.6. The number of nitrogens with two attached hydrogens (primary N) is 1. The molecule has 3 rings (SSSR count). The monoisotopic (exact) mass is 387 g/mol. The van der Waals surface area contributed by atoms with Crippen LogP contribution < -0.4 is 15.8 Å². The van der Waals surface area contributed by atoms with Gasteiger partial charge in [0.05, 0.1) is 6.42 Å². The van der Waals surface area contributed by atoms with Crippen molar-refractivity contribution in [3.63, 3.8) is 0 Å². The van der Waals surface area contributed by atoms with E-state index < -0.39 is 17.9 Å². The Labute approximate surface area is 160 Å². The first-order valence-electron chi connectivity index (χ1n) is 8.20. The summed E-state index contributed by atoms with van der Waals surface area (Å²) in [6.07, 6.45) is -1.41. The van der Waals surface area contributed by atoms with Crippen LogP contribution in [0.1, 0.15) is 17.5 Å². The zero-order valence-corrected chi connectivity index (χ0v) is 15.5. The number of amides is 2. The molecule has 3 N–H and O–H groups in total. The zero-order valence-electron chi connectivity index (χ0n) is 14.8. The minimum absolute atomic E-state index is 0.0178. The Morgan fingerprint density at radius 3 is 2.59 bits per heavy atom. The molecule has 27 heavy (non-hydrogen) atoms. The van der Waals surface area contributed by atoms with Crippen LogP contribution in [0.3, 0.4) is 0 Å². The van der Waals surface area contributed by atoms with Crippen molar-refractivity contribution in [2.45, 2.75) is 26.4 Å². The number of carbonyl (C=O) groups excluding carboxylic acids is 2. The summed E-state index contributed by atoms with van der Waals surface area (Å²) in [5.41, 5.74) is 8.17. The van der Waals surface area contributed by atoms with Crippen LogP contribution in [-0.4, -0.2) is 22.9 Å². The summed E-state index contributed by atoms with van der Waals surface area (Å²) in [5.74, 6) is -0.785. The summed E-state index contributed by atoms with van der Waals surface area (Å²) in [6.45, 7) is 3.82. The third-order valence-electron chi connectivity index (χ3n) is 3.73. The van der Waals surface area contributed by atoms with Crippen LogP contribution >= 0.6 is 11.6 Å². The maximum Gasteiger partial charge on any atom is 0.302 e. The van der Waals surface area contributed by atoms with E-state index in [1.807, 2.05) is 19.9 Å². The Morgan fingerprint density at radius 2 is 1.93 bits per heavy atom. The first-order valence-corrected chi connectivity index (χ1v) is 8.58. The van der Waals surface area contributed by atoms with Gasteiger partial charge in [-0.1, -0.05) is 17.7 Å². The number of rotatable bonds is 6. The minimum Gasteiger partial charge on any atom is -0.480 e. The molecule has 0 bridgehead atoms. The molecule has 0 aliphatic carbocycles. The van der Waals surface area contributed by atoms with E-state index in [1.54, 1.807) is 30.3 Å². The van der Waals surface area contributed by atoms with Gasteiger partial charge in [0, 0.05) is 5.02 Å². The molecule has 0 saturated carbocycles. The molecule has 0 aliphatic heterocycles. The van der Waals surface area contributed by atoms with Gasteiger partial charge in [0.15, 0.2) is 11.7 Å². The lowest BCUT2D eigenvalue weighted by Crippen LogP contribution is -2.36. The molecule has 1 aromatic heterocycles. The summed E-state index contributed by atoms with van der Waals surface area (Å²) in [6, 6.07) is 10.4. The number of nitrogens with zero attached hydrogens (tertiary/aromatic N) is 1. The van der Waals surface area contributed by atoms with Gasteiger partial charge in [-0.05, 0) is 55.3 Å². The number of carbonyl (C=O) groups is 2. The molecule has 0 saturated heterocycles. The van der Waals surface area contributed by atoms with Gasteiger partial charge in [-0.15, -0.1) is 0 Å². The van der Waals surface area contributed by atoms with Crippen molar-refractivity contribution in [2.75, 3.05) is 5.32 Å². The smallest absolute Gasteiger partial charge is 0.302 e. The SMILES string of the molecule is Cc1cc(C)cc(OC(CC(N)=O)C(=O)Nc2nc3cc(Cl)ccc3o2)c1. The summed E-state index contributed by atoms with van der Waals surface area (Å²) >= 11 is 5.92. The van der Waals surface area contributed by atoms with E-state index in [2.05, 4.69) is 10.3 Å².